The Morgan fingerprint density at radius 2 is 1.32 bits per heavy atom. The minimum absolute atomic E-state index is 0.110. The molecule has 0 saturated carbocycles. The van der Waals surface area contributed by atoms with Crippen molar-refractivity contribution in [3.05, 3.63) is 0 Å². The van der Waals surface area contributed by atoms with E-state index in [9.17, 15) is 10.2 Å². The monoisotopic (exact) mass is 273 g/mol. The van der Waals surface area contributed by atoms with E-state index >= 15 is 0 Å². The van der Waals surface area contributed by atoms with Crippen molar-refractivity contribution < 1.29 is 10.2 Å². The van der Waals surface area contributed by atoms with Gasteiger partial charge in [0.2, 0.25) is 0 Å². The van der Waals surface area contributed by atoms with E-state index in [1.807, 2.05) is 20.8 Å². The Kier molecular flexibility index (Phi) is 7.01. The van der Waals surface area contributed by atoms with Gasteiger partial charge in [-0.3, -0.25) is 0 Å². The molecule has 3 heteroatoms. The molecule has 0 radical (unpaired) electrons. The Bertz CT molecular complexity index is 252. The normalized spacial score (nSPS) is 19.9. The molecule has 3 unspecified atom stereocenters. The van der Waals surface area contributed by atoms with E-state index in [2.05, 4.69) is 27.7 Å². The van der Waals surface area contributed by atoms with Crippen LogP contribution in [-0.2, 0) is 0 Å². The summed E-state index contributed by atoms with van der Waals surface area (Å²) in [6, 6.07) is -0.252. The van der Waals surface area contributed by atoms with Crippen molar-refractivity contribution in [2.45, 2.75) is 86.0 Å². The summed E-state index contributed by atoms with van der Waals surface area (Å²) in [5, 5.41) is 20.2. The molecule has 19 heavy (non-hydrogen) atoms. The van der Waals surface area contributed by atoms with Crippen LogP contribution in [0.2, 0.25) is 0 Å². The van der Waals surface area contributed by atoms with Gasteiger partial charge in [0, 0.05) is 6.04 Å². The summed E-state index contributed by atoms with van der Waals surface area (Å²) in [7, 11) is 0. The molecule has 0 saturated heterocycles. The van der Waals surface area contributed by atoms with Gasteiger partial charge in [0.05, 0.1) is 12.2 Å². The quantitative estimate of drug-likeness (QED) is 0.697. The summed E-state index contributed by atoms with van der Waals surface area (Å²) < 4.78 is 0. The third-order valence-electron chi connectivity index (χ3n) is 3.76. The third kappa shape index (κ3) is 7.91. The fourth-order valence-electron chi connectivity index (χ4n) is 2.48. The van der Waals surface area contributed by atoms with Crippen LogP contribution in [0.3, 0.4) is 0 Å². The Morgan fingerprint density at radius 1 is 0.895 bits per heavy atom. The zero-order valence-corrected chi connectivity index (χ0v) is 13.9. The lowest BCUT2D eigenvalue weighted by Gasteiger charge is -2.32. The molecule has 0 amide bonds. The molecule has 0 rings (SSSR count). The highest BCUT2D eigenvalue weighted by molar-refractivity contribution is 4.84. The molecule has 3 nitrogen and oxygen atoms in total. The predicted molar refractivity (Wildman–Crippen MR) is 81.9 cm³/mol. The highest BCUT2D eigenvalue weighted by Gasteiger charge is 2.29. The molecule has 0 aromatic heterocycles. The maximum absolute atomic E-state index is 10.2. The van der Waals surface area contributed by atoms with Crippen molar-refractivity contribution in [2.24, 2.45) is 22.5 Å². The average Bonchev–Trinajstić information content (AvgIpc) is 2.20. The smallest absolute Gasteiger partial charge is 0.0697 e. The van der Waals surface area contributed by atoms with Crippen molar-refractivity contribution in [1.82, 2.24) is 0 Å². The molecule has 0 bridgehead atoms. The van der Waals surface area contributed by atoms with Gasteiger partial charge in [-0.05, 0) is 36.0 Å². The van der Waals surface area contributed by atoms with Crippen LogP contribution in [0.1, 0.15) is 67.7 Å². The van der Waals surface area contributed by atoms with Crippen LogP contribution in [0.25, 0.3) is 0 Å². The molecule has 0 aliphatic carbocycles. The Balaban J connectivity index is 4.19. The minimum Gasteiger partial charge on any atom is -0.393 e. The molecular weight excluding hydrogens is 238 g/mol. The van der Waals surface area contributed by atoms with Crippen LogP contribution >= 0.6 is 0 Å². The van der Waals surface area contributed by atoms with Crippen LogP contribution in [-0.4, -0.2) is 28.5 Å². The van der Waals surface area contributed by atoms with Crippen molar-refractivity contribution in [3.8, 4) is 0 Å². The predicted octanol–water partition coefficient (Wildman–Crippen LogP) is 2.93. The van der Waals surface area contributed by atoms with Gasteiger partial charge < -0.3 is 15.9 Å². The highest BCUT2D eigenvalue weighted by Crippen LogP contribution is 2.28. The van der Waals surface area contributed by atoms with Gasteiger partial charge >= 0.3 is 0 Å². The van der Waals surface area contributed by atoms with Crippen molar-refractivity contribution in [3.63, 3.8) is 0 Å². The van der Waals surface area contributed by atoms with Crippen LogP contribution in [0.4, 0.5) is 0 Å². The summed E-state index contributed by atoms with van der Waals surface area (Å²) in [5.41, 5.74) is 6.14. The molecule has 0 fully saturated rings. The summed E-state index contributed by atoms with van der Waals surface area (Å²) in [4.78, 5) is 0. The molecule has 116 valence electrons. The van der Waals surface area contributed by atoms with Gasteiger partial charge in [-0.2, -0.15) is 0 Å². The summed E-state index contributed by atoms with van der Waals surface area (Å²) >= 11 is 0. The Morgan fingerprint density at radius 3 is 1.68 bits per heavy atom. The molecular formula is C16H35NO2. The largest absolute Gasteiger partial charge is 0.393 e. The summed E-state index contributed by atoms with van der Waals surface area (Å²) in [5.74, 6) is 0.248. The first kappa shape index (κ1) is 18.9. The number of hydrogen-bond acceptors (Lipinski definition) is 3. The number of nitrogens with two attached hydrogens (primary N) is 1. The fourth-order valence-corrected chi connectivity index (χ4v) is 2.48. The third-order valence-corrected chi connectivity index (χ3v) is 3.76. The van der Waals surface area contributed by atoms with E-state index < -0.39 is 6.10 Å². The molecule has 0 spiro atoms. The van der Waals surface area contributed by atoms with E-state index in [1.54, 1.807) is 0 Å². The molecule has 0 aliphatic rings. The van der Waals surface area contributed by atoms with Gasteiger partial charge in [-0.1, -0.05) is 48.5 Å². The van der Waals surface area contributed by atoms with Crippen LogP contribution < -0.4 is 5.73 Å². The lowest BCUT2D eigenvalue weighted by Crippen LogP contribution is -2.45. The molecule has 4 N–H and O–H groups in total. The summed E-state index contributed by atoms with van der Waals surface area (Å²) in [6.07, 6.45) is 1.25. The number of hydrogen-bond donors (Lipinski definition) is 3. The first-order valence-electron chi connectivity index (χ1n) is 7.46. The van der Waals surface area contributed by atoms with Crippen LogP contribution in [0.5, 0.6) is 0 Å². The van der Waals surface area contributed by atoms with Gasteiger partial charge in [-0.25, -0.2) is 0 Å². The van der Waals surface area contributed by atoms with Crippen LogP contribution in [0, 0.1) is 16.7 Å². The lowest BCUT2D eigenvalue weighted by atomic mass is 9.80. The zero-order chi connectivity index (χ0) is 15.4. The SMILES string of the molecule is CC(CC(C)(C)C)C(O)CC[C@H](O)C(N)C(C)(C)C. The van der Waals surface area contributed by atoms with E-state index in [1.165, 1.54) is 0 Å². The zero-order valence-electron chi connectivity index (χ0n) is 13.9. The second-order valence-electron chi connectivity index (χ2n) is 8.35. The van der Waals surface area contributed by atoms with Crippen LogP contribution in [0.15, 0.2) is 0 Å². The van der Waals surface area contributed by atoms with Gasteiger partial charge in [0.25, 0.3) is 0 Å². The summed E-state index contributed by atoms with van der Waals surface area (Å²) in [6.45, 7) is 14.7. The Labute approximate surface area is 119 Å². The fraction of sp³-hybridized carbons (Fsp3) is 1.00. The molecule has 0 aliphatic heterocycles. The van der Waals surface area contributed by atoms with Crippen molar-refractivity contribution in [1.29, 1.82) is 0 Å². The minimum atomic E-state index is -0.545. The second kappa shape index (κ2) is 7.05. The molecule has 0 aromatic rings. The highest BCUT2D eigenvalue weighted by atomic mass is 16.3. The standard InChI is InChI=1S/C16H35NO2/c1-11(10-15(2,3)4)12(18)8-9-13(19)14(17)16(5,6)7/h11-14,18-19H,8-10,17H2,1-7H3/t11?,12?,13-,14?/m0/s1. The first-order valence-corrected chi connectivity index (χ1v) is 7.46. The van der Waals surface area contributed by atoms with E-state index in [0.29, 0.717) is 12.8 Å². The van der Waals surface area contributed by atoms with Crippen molar-refractivity contribution in [2.75, 3.05) is 0 Å². The van der Waals surface area contributed by atoms with E-state index in [0.717, 1.165) is 6.42 Å². The number of rotatable bonds is 6. The van der Waals surface area contributed by atoms with Gasteiger partial charge in [-0.15, -0.1) is 0 Å². The molecule has 4 atom stereocenters. The van der Waals surface area contributed by atoms with E-state index in [-0.39, 0.29) is 28.9 Å². The maximum atomic E-state index is 10.2. The second-order valence-corrected chi connectivity index (χ2v) is 8.35. The molecule has 0 aromatic carbocycles. The van der Waals surface area contributed by atoms with Crippen molar-refractivity contribution >= 4 is 0 Å². The maximum Gasteiger partial charge on any atom is 0.0697 e. The Hall–Kier alpha value is -0.120. The number of aliphatic hydroxyl groups is 2. The van der Waals surface area contributed by atoms with Gasteiger partial charge in [0.15, 0.2) is 0 Å². The van der Waals surface area contributed by atoms with Gasteiger partial charge in [0.1, 0.15) is 0 Å². The van der Waals surface area contributed by atoms with E-state index in [4.69, 9.17) is 5.73 Å². The average molecular weight is 273 g/mol. The topological polar surface area (TPSA) is 66.5 Å². The molecule has 0 heterocycles. The first-order chi connectivity index (χ1) is 8.34. The lowest BCUT2D eigenvalue weighted by molar-refractivity contribution is 0.0423. The number of aliphatic hydroxyl groups excluding tert-OH is 2.